The minimum Gasteiger partial charge on any atom is -0.351 e. The monoisotopic (exact) mass is 449 g/mol. The smallest absolute Gasteiger partial charge is 0.275 e. The Morgan fingerprint density at radius 2 is 1.91 bits per heavy atom. The molecule has 0 spiro atoms. The summed E-state index contributed by atoms with van der Waals surface area (Å²) < 4.78 is 3.12. The van der Waals surface area contributed by atoms with Gasteiger partial charge >= 0.3 is 0 Å². The Morgan fingerprint density at radius 3 is 2.66 bits per heavy atom. The molecule has 0 bridgehead atoms. The summed E-state index contributed by atoms with van der Waals surface area (Å²) in [5.74, 6) is 0.277. The van der Waals surface area contributed by atoms with Crippen molar-refractivity contribution >= 4 is 39.1 Å². The van der Waals surface area contributed by atoms with Gasteiger partial charge in [0.15, 0.2) is 0 Å². The molecular weight excluding hydrogens is 418 g/mol. The number of fused-ring (bicyclic) bond motifs is 3. The second-order valence-electron chi connectivity index (χ2n) is 9.81. The number of nitrogens with zero attached hydrogens (tertiary/aromatic N) is 2. The number of hydrogen-bond acceptors (Lipinski definition) is 3. The van der Waals surface area contributed by atoms with Crippen molar-refractivity contribution in [3.8, 4) is 0 Å². The number of amides is 2. The number of thiophene rings is 1. The van der Waals surface area contributed by atoms with E-state index in [1.165, 1.54) is 12.0 Å². The van der Waals surface area contributed by atoms with Crippen molar-refractivity contribution in [1.29, 1.82) is 0 Å². The van der Waals surface area contributed by atoms with Crippen LogP contribution < -0.4 is 10.2 Å². The fourth-order valence-electron chi connectivity index (χ4n) is 5.34. The molecule has 1 aromatic carbocycles. The van der Waals surface area contributed by atoms with Crippen molar-refractivity contribution in [3.05, 3.63) is 52.5 Å². The van der Waals surface area contributed by atoms with E-state index in [0.717, 1.165) is 40.7 Å². The van der Waals surface area contributed by atoms with Gasteiger partial charge in [-0.2, -0.15) is 0 Å². The molecule has 3 aromatic rings. The quantitative estimate of drug-likeness (QED) is 0.579. The van der Waals surface area contributed by atoms with E-state index >= 15 is 0 Å². The zero-order valence-electron chi connectivity index (χ0n) is 19.3. The molecule has 1 saturated carbocycles. The Bertz CT molecular complexity index is 1210. The Hall–Kier alpha value is -2.60. The third kappa shape index (κ3) is 3.27. The Balaban J connectivity index is 1.60. The minimum atomic E-state index is -1.02. The van der Waals surface area contributed by atoms with Crippen molar-refractivity contribution < 1.29 is 9.59 Å². The highest BCUT2D eigenvalue weighted by Crippen LogP contribution is 2.38. The predicted octanol–water partition coefficient (Wildman–Crippen LogP) is 5.43. The van der Waals surface area contributed by atoms with Crippen molar-refractivity contribution in [1.82, 2.24) is 9.88 Å². The molecular formula is C26H31N3O2S. The lowest BCUT2D eigenvalue weighted by molar-refractivity contribution is -0.127. The van der Waals surface area contributed by atoms with Gasteiger partial charge in [-0.1, -0.05) is 25.8 Å². The van der Waals surface area contributed by atoms with Gasteiger partial charge < -0.3 is 9.88 Å². The van der Waals surface area contributed by atoms with Crippen LogP contribution in [0, 0.1) is 19.8 Å². The summed E-state index contributed by atoms with van der Waals surface area (Å²) in [5, 5.41) is 5.39. The molecule has 5 rings (SSSR count). The molecule has 1 aliphatic carbocycles. The first-order chi connectivity index (χ1) is 15.3. The number of aryl methyl sites for hydroxylation is 2. The standard InChI is InChI=1S/C26H31N3O2S/c1-16-9-10-19(13-18(16)3)29-24(30)22-14-23-21(11-12-32-23)28(22)15-26(29,4)25(31)27-20-8-6-5-7-17(20)2/h9-14,17,20H,5-8,15H2,1-4H3,(H,27,31)/t17-,20-,26+/m0/s1. The number of aromatic nitrogens is 1. The summed E-state index contributed by atoms with van der Waals surface area (Å²) in [6.07, 6.45) is 4.51. The average molecular weight is 450 g/mol. The number of benzene rings is 1. The van der Waals surface area contributed by atoms with Crippen molar-refractivity contribution in [2.75, 3.05) is 4.90 Å². The molecule has 168 valence electrons. The van der Waals surface area contributed by atoms with E-state index in [2.05, 4.69) is 19.2 Å². The molecule has 3 atom stereocenters. The summed E-state index contributed by atoms with van der Waals surface area (Å²) in [7, 11) is 0. The number of rotatable bonds is 3. The van der Waals surface area contributed by atoms with Gasteiger partial charge in [0.1, 0.15) is 11.2 Å². The third-order valence-corrected chi connectivity index (χ3v) is 8.42. The molecule has 1 N–H and O–H groups in total. The molecule has 3 heterocycles. The molecule has 6 heteroatoms. The SMILES string of the molecule is Cc1ccc(N2C(=O)c3cc4sccc4n3C[C@]2(C)C(=O)N[C@H]2CCCC[C@@H]2C)cc1C. The normalized spacial score (nSPS) is 25.8. The Labute approximate surface area is 193 Å². The largest absolute Gasteiger partial charge is 0.351 e. The molecule has 2 amide bonds. The molecule has 1 aliphatic heterocycles. The van der Waals surface area contributed by atoms with Crippen LogP contribution in [0.4, 0.5) is 5.69 Å². The molecule has 1 fully saturated rings. The van der Waals surface area contributed by atoms with Crippen molar-refractivity contribution in [2.24, 2.45) is 5.92 Å². The Morgan fingerprint density at radius 1 is 1.12 bits per heavy atom. The van der Waals surface area contributed by atoms with Gasteiger partial charge in [0.05, 0.1) is 16.8 Å². The Kier molecular flexibility index (Phi) is 5.16. The van der Waals surface area contributed by atoms with Gasteiger partial charge in [-0.15, -0.1) is 11.3 Å². The second kappa shape index (κ2) is 7.77. The number of anilines is 1. The third-order valence-electron chi connectivity index (χ3n) is 7.57. The lowest BCUT2D eigenvalue weighted by Crippen LogP contribution is -2.65. The van der Waals surface area contributed by atoms with Crippen molar-refractivity contribution in [2.45, 2.75) is 71.5 Å². The maximum Gasteiger partial charge on any atom is 0.275 e. The first-order valence-corrected chi connectivity index (χ1v) is 12.5. The second-order valence-corrected chi connectivity index (χ2v) is 10.8. The van der Waals surface area contributed by atoms with E-state index in [1.807, 2.05) is 54.1 Å². The lowest BCUT2D eigenvalue weighted by atomic mass is 9.84. The van der Waals surface area contributed by atoms with Crippen molar-refractivity contribution in [3.63, 3.8) is 0 Å². The lowest BCUT2D eigenvalue weighted by Gasteiger charge is -2.45. The maximum absolute atomic E-state index is 13.9. The van der Waals surface area contributed by atoms with Crippen LogP contribution in [0.5, 0.6) is 0 Å². The molecule has 0 unspecified atom stereocenters. The van der Waals surface area contributed by atoms with Crippen LogP contribution in [-0.2, 0) is 11.3 Å². The van der Waals surface area contributed by atoms with E-state index in [-0.39, 0.29) is 17.9 Å². The van der Waals surface area contributed by atoms with E-state index in [1.54, 1.807) is 16.2 Å². The topological polar surface area (TPSA) is 54.3 Å². The number of carbonyl (C=O) groups excluding carboxylic acids is 2. The molecule has 32 heavy (non-hydrogen) atoms. The van der Waals surface area contributed by atoms with Crippen LogP contribution >= 0.6 is 11.3 Å². The average Bonchev–Trinajstić information content (AvgIpc) is 3.35. The molecule has 0 radical (unpaired) electrons. The van der Waals surface area contributed by atoms with Crippen LogP contribution in [0.3, 0.4) is 0 Å². The van der Waals surface area contributed by atoms with Gasteiger partial charge in [0, 0.05) is 11.7 Å². The number of hydrogen-bond donors (Lipinski definition) is 1. The molecule has 2 aliphatic rings. The van der Waals surface area contributed by atoms with Gasteiger partial charge in [-0.05, 0) is 80.3 Å². The fourth-order valence-corrected chi connectivity index (χ4v) is 6.16. The number of nitrogens with one attached hydrogen (secondary N) is 1. The zero-order chi connectivity index (χ0) is 22.6. The summed E-state index contributed by atoms with van der Waals surface area (Å²) in [5.41, 5.74) is 3.73. The van der Waals surface area contributed by atoms with E-state index in [0.29, 0.717) is 18.2 Å². The van der Waals surface area contributed by atoms with Crippen LogP contribution in [0.2, 0.25) is 0 Å². The first kappa shape index (κ1) is 21.3. The highest BCUT2D eigenvalue weighted by atomic mass is 32.1. The summed E-state index contributed by atoms with van der Waals surface area (Å²) in [6.45, 7) is 8.69. The van der Waals surface area contributed by atoms with Gasteiger partial charge in [-0.3, -0.25) is 14.5 Å². The van der Waals surface area contributed by atoms with E-state index in [4.69, 9.17) is 0 Å². The summed E-state index contributed by atoms with van der Waals surface area (Å²) >= 11 is 1.63. The van der Waals surface area contributed by atoms with Crippen LogP contribution in [0.1, 0.15) is 61.1 Å². The van der Waals surface area contributed by atoms with E-state index < -0.39 is 5.54 Å². The molecule has 5 nitrogen and oxygen atoms in total. The van der Waals surface area contributed by atoms with E-state index in [9.17, 15) is 9.59 Å². The van der Waals surface area contributed by atoms with Crippen LogP contribution in [0.15, 0.2) is 35.7 Å². The van der Waals surface area contributed by atoms with Crippen LogP contribution in [-0.4, -0.2) is 28.0 Å². The zero-order valence-corrected chi connectivity index (χ0v) is 20.1. The highest BCUT2D eigenvalue weighted by molar-refractivity contribution is 7.17. The number of carbonyl (C=O) groups is 2. The first-order valence-electron chi connectivity index (χ1n) is 11.6. The van der Waals surface area contributed by atoms with Gasteiger partial charge in [-0.25, -0.2) is 0 Å². The highest BCUT2D eigenvalue weighted by Gasteiger charge is 2.49. The maximum atomic E-state index is 13.9. The minimum absolute atomic E-state index is 0.0643. The summed E-state index contributed by atoms with van der Waals surface area (Å²) in [4.78, 5) is 29.5. The molecule has 2 aromatic heterocycles. The van der Waals surface area contributed by atoms with Gasteiger partial charge in [0.25, 0.3) is 5.91 Å². The predicted molar refractivity (Wildman–Crippen MR) is 131 cm³/mol. The van der Waals surface area contributed by atoms with Gasteiger partial charge in [0.2, 0.25) is 5.91 Å². The molecule has 0 saturated heterocycles. The van der Waals surface area contributed by atoms with Crippen LogP contribution in [0.25, 0.3) is 10.2 Å². The summed E-state index contributed by atoms with van der Waals surface area (Å²) in [6, 6.07) is 10.2. The fraction of sp³-hybridized carbons (Fsp3) is 0.462.